The first-order valence-corrected chi connectivity index (χ1v) is 5.39. The number of carboxylic acids is 1. The van der Waals surface area contributed by atoms with E-state index in [9.17, 15) is 9.59 Å². The van der Waals surface area contributed by atoms with Crippen LogP contribution in [0.25, 0.3) is 0 Å². The molecule has 0 unspecified atom stereocenters. The summed E-state index contributed by atoms with van der Waals surface area (Å²) < 4.78 is 0. The van der Waals surface area contributed by atoms with E-state index in [1.165, 1.54) is 17.5 Å². The molecule has 0 radical (unpaired) electrons. The van der Waals surface area contributed by atoms with Gasteiger partial charge >= 0.3 is 5.97 Å². The number of amides is 1. The van der Waals surface area contributed by atoms with Gasteiger partial charge in [0, 0.05) is 6.54 Å². The highest BCUT2D eigenvalue weighted by molar-refractivity contribution is 7.13. The van der Waals surface area contributed by atoms with Crippen molar-refractivity contribution in [2.24, 2.45) is 0 Å². The number of carboxylic acid groups (broad SMARTS) is 1. The van der Waals surface area contributed by atoms with E-state index in [0.717, 1.165) is 11.4 Å². The summed E-state index contributed by atoms with van der Waals surface area (Å²) in [6.45, 7) is 2.11. The number of carbonyl (C=O) groups is 2. The van der Waals surface area contributed by atoms with Crippen LogP contribution in [0.3, 0.4) is 0 Å². The molecular weight excluding hydrogens is 216 g/mol. The lowest BCUT2D eigenvalue weighted by Crippen LogP contribution is -2.25. The van der Waals surface area contributed by atoms with Crippen LogP contribution in [0.2, 0.25) is 0 Å². The Morgan fingerprint density at radius 3 is 2.87 bits per heavy atom. The maximum atomic E-state index is 11.4. The summed E-state index contributed by atoms with van der Waals surface area (Å²) in [5.74, 6) is -1.18. The quantitative estimate of drug-likeness (QED) is 0.785. The third-order valence-electron chi connectivity index (χ3n) is 1.70. The maximum Gasteiger partial charge on any atom is 0.305 e. The van der Waals surface area contributed by atoms with Gasteiger partial charge in [0.2, 0.25) is 0 Å². The van der Waals surface area contributed by atoms with Crippen LogP contribution >= 0.6 is 11.3 Å². The van der Waals surface area contributed by atoms with Crippen molar-refractivity contribution in [1.29, 1.82) is 0 Å². The number of nitrogens with one attached hydrogen (secondary N) is 1. The molecule has 82 valence electrons. The average molecular weight is 228 g/mol. The van der Waals surface area contributed by atoms with Crippen LogP contribution in [0.1, 0.15) is 28.0 Å². The Morgan fingerprint density at radius 1 is 1.60 bits per heavy atom. The molecule has 6 heteroatoms. The molecule has 0 bridgehead atoms. The fourth-order valence-electron chi connectivity index (χ4n) is 0.949. The fraction of sp³-hybridized carbons (Fsp3) is 0.444. The van der Waals surface area contributed by atoms with Crippen LogP contribution in [-0.2, 0) is 11.2 Å². The zero-order valence-electron chi connectivity index (χ0n) is 8.32. The van der Waals surface area contributed by atoms with Gasteiger partial charge in [-0.25, -0.2) is 4.98 Å². The fourth-order valence-corrected chi connectivity index (χ4v) is 1.72. The molecule has 1 aromatic rings. The molecular formula is C9H12N2O3S. The average Bonchev–Trinajstić information content (AvgIpc) is 2.65. The summed E-state index contributed by atoms with van der Waals surface area (Å²) in [4.78, 5) is 26.2. The van der Waals surface area contributed by atoms with Crippen molar-refractivity contribution in [2.45, 2.75) is 19.8 Å². The van der Waals surface area contributed by atoms with Crippen LogP contribution in [0, 0.1) is 0 Å². The highest BCUT2D eigenvalue weighted by Crippen LogP contribution is 2.12. The summed E-state index contributed by atoms with van der Waals surface area (Å²) in [5, 5.41) is 11.8. The Hall–Kier alpha value is -1.43. The minimum Gasteiger partial charge on any atom is -0.481 e. The second kappa shape index (κ2) is 5.45. The summed E-state index contributed by atoms with van der Waals surface area (Å²) >= 11 is 1.33. The van der Waals surface area contributed by atoms with Gasteiger partial charge in [0.1, 0.15) is 4.88 Å². The Labute approximate surface area is 91.1 Å². The molecule has 1 amide bonds. The molecule has 0 aromatic carbocycles. The van der Waals surface area contributed by atoms with E-state index in [4.69, 9.17) is 5.11 Å². The molecule has 0 aliphatic rings. The normalized spacial score (nSPS) is 9.93. The van der Waals surface area contributed by atoms with Crippen molar-refractivity contribution in [3.05, 3.63) is 16.1 Å². The lowest BCUT2D eigenvalue weighted by Gasteiger charge is -1.99. The summed E-state index contributed by atoms with van der Waals surface area (Å²) in [6, 6.07) is 0. The van der Waals surface area contributed by atoms with E-state index >= 15 is 0 Å². The van der Waals surface area contributed by atoms with Gasteiger partial charge in [-0.1, -0.05) is 6.92 Å². The van der Waals surface area contributed by atoms with Crippen molar-refractivity contribution >= 4 is 23.2 Å². The van der Waals surface area contributed by atoms with Gasteiger partial charge in [-0.2, -0.15) is 0 Å². The van der Waals surface area contributed by atoms with Gasteiger partial charge in [-0.05, 0) is 6.42 Å². The molecule has 0 saturated heterocycles. The largest absolute Gasteiger partial charge is 0.481 e. The van der Waals surface area contributed by atoms with Crippen molar-refractivity contribution in [1.82, 2.24) is 10.3 Å². The van der Waals surface area contributed by atoms with Crippen LogP contribution in [0.15, 0.2) is 6.20 Å². The standard InChI is InChI=1S/C9H12N2O3S/c1-2-7-11-5-6(15-7)9(14)10-4-3-8(12)13/h5H,2-4H2,1H3,(H,10,14)(H,12,13). The third-order valence-corrected chi connectivity index (χ3v) is 2.84. The minimum atomic E-state index is -0.922. The summed E-state index contributed by atoms with van der Waals surface area (Å²) in [5.41, 5.74) is 0. The van der Waals surface area contributed by atoms with Gasteiger partial charge in [0.15, 0.2) is 0 Å². The number of aromatic nitrogens is 1. The highest BCUT2D eigenvalue weighted by atomic mass is 32.1. The van der Waals surface area contributed by atoms with Crippen LogP contribution in [-0.4, -0.2) is 28.5 Å². The van der Waals surface area contributed by atoms with E-state index in [0.29, 0.717) is 4.88 Å². The van der Waals surface area contributed by atoms with Crippen molar-refractivity contribution in [3.8, 4) is 0 Å². The van der Waals surface area contributed by atoms with E-state index in [1.807, 2.05) is 6.92 Å². The molecule has 0 saturated carbocycles. The van der Waals surface area contributed by atoms with Crippen molar-refractivity contribution in [3.63, 3.8) is 0 Å². The van der Waals surface area contributed by atoms with E-state index in [-0.39, 0.29) is 18.9 Å². The Balaban J connectivity index is 2.43. The van der Waals surface area contributed by atoms with E-state index in [2.05, 4.69) is 10.3 Å². The SMILES string of the molecule is CCc1ncc(C(=O)NCCC(=O)O)s1. The van der Waals surface area contributed by atoms with E-state index < -0.39 is 5.97 Å². The molecule has 0 aliphatic carbocycles. The molecule has 0 atom stereocenters. The molecule has 0 spiro atoms. The van der Waals surface area contributed by atoms with Crippen molar-refractivity contribution in [2.75, 3.05) is 6.54 Å². The lowest BCUT2D eigenvalue weighted by atomic mass is 10.4. The van der Waals surface area contributed by atoms with Gasteiger partial charge in [0.25, 0.3) is 5.91 Å². The van der Waals surface area contributed by atoms with Gasteiger partial charge in [-0.3, -0.25) is 9.59 Å². The second-order valence-electron chi connectivity index (χ2n) is 2.87. The molecule has 15 heavy (non-hydrogen) atoms. The number of aliphatic carboxylic acids is 1. The zero-order valence-corrected chi connectivity index (χ0v) is 9.13. The molecule has 1 rings (SSSR count). The molecule has 5 nitrogen and oxygen atoms in total. The molecule has 1 heterocycles. The number of nitrogens with zero attached hydrogens (tertiary/aromatic N) is 1. The molecule has 0 fully saturated rings. The maximum absolute atomic E-state index is 11.4. The van der Waals surface area contributed by atoms with Crippen molar-refractivity contribution < 1.29 is 14.7 Å². The van der Waals surface area contributed by atoms with Crippen LogP contribution in [0.4, 0.5) is 0 Å². The monoisotopic (exact) mass is 228 g/mol. The Bertz CT molecular complexity index is 362. The van der Waals surface area contributed by atoms with Crippen LogP contribution < -0.4 is 5.32 Å². The van der Waals surface area contributed by atoms with E-state index in [1.54, 1.807) is 0 Å². The zero-order chi connectivity index (χ0) is 11.3. The highest BCUT2D eigenvalue weighted by Gasteiger charge is 2.09. The third kappa shape index (κ3) is 3.67. The molecule has 0 aliphatic heterocycles. The first kappa shape index (κ1) is 11.6. The first-order chi connectivity index (χ1) is 7.13. The second-order valence-corrected chi connectivity index (χ2v) is 3.99. The first-order valence-electron chi connectivity index (χ1n) is 4.58. The predicted octanol–water partition coefficient (Wildman–Crippen LogP) is 0.910. The number of hydrogen-bond donors (Lipinski definition) is 2. The Morgan fingerprint density at radius 2 is 2.33 bits per heavy atom. The smallest absolute Gasteiger partial charge is 0.305 e. The number of hydrogen-bond acceptors (Lipinski definition) is 4. The van der Waals surface area contributed by atoms with Gasteiger partial charge in [0.05, 0.1) is 17.6 Å². The van der Waals surface area contributed by atoms with Crippen LogP contribution in [0.5, 0.6) is 0 Å². The number of thiazole rings is 1. The summed E-state index contributed by atoms with van der Waals surface area (Å²) in [7, 11) is 0. The molecule has 2 N–H and O–H groups in total. The lowest BCUT2D eigenvalue weighted by molar-refractivity contribution is -0.136. The summed E-state index contributed by atoms with van der Waals surface area (Å²) in [6.07, 6.45) is 2.25. The number of rotatable bonds is 5. The Kier molecular flexibility index (Phi) is 4.23. The minimum absolute atomic E-state index is 0.0643. The van der Waals surface area contributed by atoms with Gasteiger partial charge in [-0.15, -0.1) is 11.3 Å². The number of aryl methyl sites for hydroxylation is 1. The molecule has 1 aromatic heterocycles. The topological polar surface area (TPSA) is 79.3 Å². The van der Waals surface area contributed by atoms with Gasteiger partial charge < -0.3 is 10.4 Å². The predicted molar refractivity (Wildman–Crippen MR) is 56.1 cm³/mol. The number of carbonyl (C=O) groups excluding carboxylic acids is 1.